The van der Waals surface area contributed by atoms with Crippen LogP contribution in [0, 0.1) is 0 Å². The summed E-state index contributed by atoms with van der Waals surface area (Å²) in [5.41, 5.74) is 0.975. The van der Waals surface area contributed by atoms with E-state index in [9.17, 15) is 9.59 Å². The molecular formula is C13H16N2O3. The Morgan fingerprint density at radius 3 is 2.67 bits per heavy atom. The number of aliphatic hydroxyl groups excluding tert-OH is 1. The van der Waals surface area contributed by atoms with Crippen LogP contribution in [-0.4, -0.2) is 41.0 Å². The van der Waals surface area contributed by atoms with E-state index in [0.29, 0.717) is 6.54 Å². The Morgan fingerprint density at radius 2 is 2.00 bits per heavy atom. The van der Waals surface area contributed by atoms with Gasteiger partial charge in [0.15, 0.2) is 0 Å². The number of nitrogens with zero attached hydrogens (tertiary/aromatic N) is 1. The third-order valence-electron chi connectivity index (χ3n) is 3.01. The number of nitrogens with one attached hydrogen (secondary N) is 1. The van der Waals surface area contributed by atoms with E-state index in [1.165, 1.54) is 4.90 Å². The maximum atomic E-state index is 11.9. The lowest BCUT2D eigenvalue weighted by molar-refractivity contribution is -0.146. The number of rotatable bonds is 4. The summed E-state index contributed by atoms with van der Waals surface area (Å²) in [7, 11) is 0. The van der Waals surface area contributed by atoms with Crippen molar-refractivity contribution >= 4 is 11.8 Å². The van der Waals surface area contributed by atoms with Crippen LogP contribution in [0.15, 0.2) is 30.3 Å². The summed E-state index contributed by atoms with van der Waals surface area (Å²) in [5, 5.41) is 11.5. The fourth-order valence-electron chi connectivity index (χ4n) is 2.09. The Hall–Kier alpha value is -1.88. The number of hydrogen-bond acceptors (Lipinski definition) is 3. The van der Waals surface area contributed by atoms with E-state index in [2.05, 4.69) is 5.32 Å². The molecule has 0 bridgehead atoms. The van der Waals surface area contributed by atoms with Crippen molar-refractivity contribution in [2.45, 2.75) is 19.0 Å². The lowest BCUT2D eigenvalue weighted by atomic mass is 10.1. The fourth-order valence-corrected chi connectivity index (χ4v) is 2.09. The van der Waals surface area contributed by atoms with Crippen molar-refractivity contribution in [3.05, 3.63) is 35.9 Å². The molecule has 96 valence electrons. The third-order valence-corrected chi connectivity index (χ3v) is 3.01. The van der Waals surface area contributed by atoms with Gasteiger partial charge in [-0.05, 0) is 12.0 Å². The molecule has 2 rings (SSSR count). The van der Waals surface area contributed by atoms with E-state index in [1.807, 2.05) is 30.3 Å². The van der Waals surface area contributed by atoms with Gasteiger partial charge in [0, 0.05) is 13.2 Å². The number of piperazine rings is 1. The minimum atomic E-state index is -0.573. The second-order valence-electron chi connectivity index (χ2n) is 4.25. The van der Waals surface area contributed by atoms with Gasteiger partial charge in [0.05, 0.1) is 6.54 Å². The zero-order valence-corrected chi connectivity index (χ0v) is 10.0. The highest BCUT2D eigenvalue weighted by atomic mass is 16.3. The summed E-state index contributed by atoms with van der Waals surface area (Å²) >= 11 is 0. The summed E-state index contributed by atoms with van der Waals surface area (Å²) < 4.78 is 0. The molecule has 5 nitrogen and oxygen atoms in total. The molecule has 5 heteroatoms. The van der Waals surface area contributed by atoms with Crippen LogP contribution in [0.25, 0.3) is 0 Å². The molecule has 18 heavy (non-hydrogen) atoms. The topological polar surface area (TPSA) is 69.6 Å². The number of benzene rings is 1. The quantitative estimate of drug-likeness (QED) is 0.781. The Balaban J connectivity index is 2.15. The van der Waals surface area contributed by atoms with Crippen LogP contribution >= 0.6 is 0 Å². The lowest BCUT2D eigenvalue weighted by Gasteiger charge is -2.34. The Morgan fingerprint density at radius 1 is 1.28 bits per heavy atom. The standard InChI is InChI=1S/C13H16N2O3/c16-7-6-11-13(18)14-8-12(17)15(11)9-10-4-2-1-3-5-10/h1-5,11,16H,6-9H2,(H,14,18)/t11-/m0/s1. The average molecular weight is 248 g/mol. The van der Waals surface area contributed by atoms with Crippen molar-refractivity contribution in [3.8, 4) is 0 Å². The van der Waals surface area contributed by atoms with Gasteiger partial charge in [0.2, 0.25) is 11.8 Å². The molecule has 2 amide bonds. The van der Waals surface area contributed by atoms with E-state index in [4.69, 9.17) is 5.11 Å². The van der Waals surface area contributed by atoms with Crippen LogP contribution in [0.3, 0.4) is 0 Å². The Kier molecular flexibility index (Phi) is 3.94. The van der Waals surface area contributed by atoms with Gasteiger partial charge in [0.25, 0.3) is 0 Å². The molecule has 1 aromatic rings. The second kappa shape index (κ2) is 5.64. The highest BCUT2D eigenvalue weighted by Gasteiger charge is 2.33. The number of carbonyl (C=O) groups is 2. The number of amides is 2. The number of aliphatic hydroxyl groups is 1. The highest BCUT2D eigenvalue weighted by molar-refractivity contribution is 5.94. The molecule has 1 aliphatic rings. The molecule has 0 aliphatic carbocycles. The first-order valence-electron chi connectivity index (χ1n) is 5.94. The normalized spacial score (nSPS) is 19.8. The van der Waals surface area contributed by atoms with Gasteiger partial charge in [-0.2, -0.15) is 0 Å². The van der Waals surface area contributed by atoms with Gasteiger partial charge in [-0.3, -0.25) is 9.59 Å². The third kappa shape index (κ3) is 2.68. The first-order valence-corrected chi connectivity index (χ1v) is 5.94. The van der Waals surface area contributed by atoms with Crippen molar-refractivity contribution in [1.29, 1.82) is 0 Å². The molecule has 0 unspecified atom stereocenters. The van der Waals surface area contributed by atoms with Crippen molar-refractivity contribution in [1.82, 2.24) is 10.2 Å². The zero-order chi connectivity index (χ0) is 13.0. The molecule has 1 fully saturated rings. The molecule has 1 aliphatic heterocycles. The predicted molar refractivity (Wildman–Crippen MR) is 65.5 cm³/mol. The monoisotopic (exact) mass is 248 g/mol. The fraction of sp³-hybridized carbons (Fsp3) is 0.385. The van der Waals surface area contributed by atoms with Crippen molar-refractivity contribution in [3.63, 3.8) is 0 Å². The molecule has 1 saturated heterocycles. The summed E-state index contributed by atoms with van der Waals surface area (Å²) in [6.07, 6.45) is 0.268. The first kappa shape index (κ1) is 12.6. The first-order chi connectivity index (χ1) is 8.72. The van der Waals surface area contributed by atoms with Crippen LogP contribution in [0.5, 0.6) is 0 Å². The van der Waals surface area contributed by atoms with Crippen LogP contribution in [0.2, 0.25) is 0 Å². The van der Waals surface area contributed by atoms with Gasteiger partial charge in [-0.25, -0.2) is 0 Å². The van der Waals surface area contributed by atoms with Gasteiger partial charge < -0.3 is 15.3 Å². The summed E-state index contributed by atoms with van der Waals surface area (Å²) in [4.78, 5) is 25.1. The SMILES string of the molecule is O=C1NCC(=O)N(Cc2ccccc2)[C@H]1CCO. The van der Waals surface area contributed by atoms with E-state index in [1.54, 1.807) is 0 Å². The van der Waals surface area contributed by atoms with Gasteiger partial charge in [-0.1, -0.05) is 30.3 Å². The van der Waals surface area contributed by atoms with E-state index in [-0.39, 0.29) is 31.4 Å². The summed E-state index contributed by atoms with van der Waals surface area (Å²) in [6, 6.07) is 8.94. The molecule has 0 saturated carbocycles. The summed E-state index contributed by atoms with van der Waals surface area (Å²) in [6.45, 7) is 0.321. The largest absolute Gasteiger partial charge is 0.396 e. The smallest absolute Gasteiger partial charge is 0.243 e. The van der Waals surface area contributed by atoms with Crippen molar-refractivity contribution in [2.75, 3.05) is 13.2 Å². The maximum Gasteiger partial charge on any atom is 0.243 e. The Bertz CT molecular complexity index is 433. The van der Waals surface area contributed by atoms with Crippen molar-refractivity contribution in [2.24, 2.45) is 0 Å². The van der Waals surface area contributed by atoms with Crippen LogP contribution in [-0.2, 0) is 16.1 Å². The van der Waals surface area contributed by atoms with Gasteiger partial charge in [0.1, 0.15) is 6.04 Å². The van der Waals surface area contributed by atoms with Crippen LogP contribution in [0.1, 0.15) is 12.0 Å². The minimum Gasteiger partial charge on any atom is -0.396 e. The lowest BCUT2D eigenvalue weighted by Crippen LogP contribution is -2.58. The minimum absolute atomic E-state index is 0.0353. The predicted octanol–water partition coefficient (Wildman–Crippen LogP) is -0.104. The zero-order valence-electron chi connectivity index (χ0n) is 10.0. The molecular weight excluding hydrogens is 232 g/mol. The molecule has 1 aromatic carbocycles. The number of hydrogen-bond donors (Lipinski definition) is 2. The second-order valence-corrected chi connectivity index (χ2v) is 4.25. The maximum absolute atomic E-state index is 11.9. The molecule has 2 N–H and O–H groups in total. The van der Waals surface area contributed by atoms with Crippen LogP contribution < -0.4 is 5.32 Å². The molecule has 1 atom stereocenters. The van der Waals surface area contributed by atoms with E-state index >= 15 is 0 Å². The molecule has 0 spiro atoms. The Labute approximate surface area is 105 Å². The highest BCUT2D eigenvalue weighted by Crippen LogP contribution is 2.14. The van der Waals surface area contributed by atoms with E-state index in [0.717, 1.165) is 5.56 Å². The average Bonchev–Trinajstić information content (AvgIpc) is 2.39. The van der Waals surface area contributed by atoms with Gasteiger partial charge in [-0.15, -0.1) is 0 Å². The molecule has 1 heterocycles. The van der Waals surface area contributed by atoms with E-state index < -0.39 is 6.04 Å². The van der Waals surface area contributed by atoms with Gasteiger partial charge >= 0.3 is 0 Å². The van der Waals surface area contributed by atoms with Crippen LogP contribution in [0.4, 0.5) is 0 Å². The summed E-state index contributed by atoms with van der Waals surface area (Å²) in [5.74, 6) is -0.309. The number of carbonyl (C=O) groups excluding carboxylic acids is 2. The van der Waals surface area contributed by atoms with Crippen molar-refractivity contribution < 1.29 is 14.7 Å². The molecule has 0 radical (unpaired) electrons. The molecule has 0 aromatic heterocycles.